The second-order valence-corrected chi connectivity index (χ2v) is 8.28. The number of aromatic nitrogens is 5. The first-order chi connectivity index (χ1) is 15.2. The minimum atomic E-state index is -0.238. The lowest BCUT2D eigenvalue weighted by Crippen LogP contribution is -2.42. The van der Waals surface area contributed by atoms with Gasteiger partial charge in [-0.25, -0.2) is 9.50 Å². The smallest absolute Gasteiger partial charge is 0.247 e. The van der Waals surface area contributed by atoms with Gasteiger partial charge in [0.05, 0.1) is 11.7 Å². The summed E-state index contributed by atoms with van der Waals surface area (Å²) in [6.45, 7) is 2.02. The molecule has 3 atom stereocenters. The molecule has 154 valence electrons. The Kier molecular flexibility index (Phi) is 3.99. The van der Waals surface area contributed by atoms with E-state index in [2.05, 4.69) is 30.5 Å². The van der Waals surface area contributed by atoms with Gasteiger partial charge in [0.2, 0.25) is 5.91 Å². The molecule has 0 spiro atoms. The Morgan fingerprint density at radius 2 is 2.10 bits per heavy atom. The summed E-state index contributed by atoms with van der Waals surface area (Å²) in [5.74, 6) is 1.94. The number of carbonyl (C=O) groups is 1. The molecule has 1 saturated carbocycles. The largest absolute Gasteiger partial charge is 0.340 e. The predicted molar refractivity (Wildman–Crippen MR) is 117 cm³/mol. The molecule has 6 rings (SSSR count). The molecule has 1 N–H and O–H groups in total. The van der Waals surface area contributed by atoms with Gasteiger partial charge in [0, 0.05) is 29.7 Å². The van der Waals surface area contributed by atoms with Crippen molar-refractivity contribution in [1.82, 2.24) is 24.8 Å². The minimum Gasteiger partial charge on any atom is -0.340 e. The van der Waals surface area contributed by atoms with Gasteiger partial charge in [-0.2, -0.15) is 5.10 Å². The molecule has 2 fully saturated rings. The van der Waals surface area contributed by atoms with Gasteiger partial charge in [-0.1, -0.05) is 6.07 Å². The summed E-state index contributed by atoms with van der Waals surface area (Å²) < 4.78 is 1.80. The molecule has 3 unspecified atom stereocenters. The van der Waals surface area contributed by atoms with Crippen LogP contribution in [0.25, 0.3) is 16.9 Å². The van der Waals surface area contributed by atoms with Crippen LogP contribution < -0.4 is 10.2 Å². The molecule has 4 aromatic rings. The van der Waals surface area contributed by atoms with E-state index < -0.39 is 0 Å². The number of hydrogen-bond donors (Lipinski definition) is 1. The fraction of sp³-hybridized carbons (Fsp3) is 0.261. The molecule has 1 aromatic carbocycles. The van der Waals surface area contributed by atoms with E-state index in [0.717, 1.165) is 41.0 Å². The van der Waals surface area contributed by atoms with E-state index in [1.54, 1.807) is 16.9 Å². The average Bonchev–Trinajstić information content (AvgIpc) is 3.22. The number of amides is 1. The lowest BCUT2D eigenvalue weighted by molar-refractivity contribution is -0.117. The van der Waals surface area contributed by atoms with Crippen LogP contribution in [-0.4, -0.2) is 42.8 Å². The third kappa shape index (κ3) is 3.11. The molecule has 1 aliphatic carbocycles. The zero-order valence-electron chi connectivity index (χ0n) is 17.0. The minimum absolute atomic E-state index is 0.0190. The first-order valence-electron chi connectivity index (χ1n) is 10.5. The summed E-state index contributed by atoms with van der Waals surface area (Å²) in [6, 6.07) is 13.7. The van der Waals surface area contributed by atoms with Gasteiger partial charge >= 0.3 is 0 Å². The van der Waals surface area contributed by atoms with Gasteiger partial charge in [0.1, 0.15) is 6.04 Å². The van der Waals surface area contributed by atoms with Crippen LogP contribution >= 0.6 is 0 Å². The molecule has 1 saturated heterocycles. The summed E-state index contributed by atoms with van der Waals surface area (Å²) in [5.41, 5.74) is 3.62. The Morgan fingerprint density at radius 1 is 1.16 bits per heavy atom. The number of nitrogens with one attached hydrogen (secondary N) is 1. The second-order valence-electron chi connectivity index (χ2n) is 8.28. The lowest BCUT2D eigenvalue weighted by atomic mass is 10.1. The average molecular weight is 411 g/mol. The van der Waals surface area contributed by atoms with Gasteiger partial charge in [-0.05, 0) is 67.6 Å². The highest BCUT2D eigenvalue weighted by atomic mass is 16.2. The number of carbonyl (C=O) groups excluding carboxylic acids is 1. The lowest BCUT2D eigenvalue weighted by Gasteiger charge is -2.27. The Labute approximate surface area is 178 Å². The van der Waals surface area contributed by atoms with E-state index in [1.807, 2.05) is 55.6 Å². The van der Waals surface area contributed by atoms with Crippen molar-refractivity contribution in [1.29, 1.82) is 0 Å². The molecule has 4 heterocycles. The SMILES string of the molecule is Cc1ccc(NC(=O)C2CC3CC3N2c2cccnn2)cc1-c1ncc2cccn2n1. The van der Waals surface area contributed by atoms with Crippen LogP contribution in [0.1, 0.15) is 18.4 Å². The molecule has 1 amide bonds. The number of hydrogen-bond acceptors (Lipinski definition) is 6. The number of nitrogens with zero attached hydrogens (tertiary/aromatic N) is 6. The van der Waals surface area contributed by atoms with Crippen molar-refractivity contribution >= 4 is 22.9 Å². The monoisotopic (exact) mass is 411 g/mol. The number of benzene rings is 1. The zero-order chi connectivity index (χ0) is 20.9. The fourth-order valence-corrected chi connectivity index (χ4v) is 4.57. The topological polar surface area (TPSA) is 88.3 Å². The highest BCUT2D eigenvalue weighted by Crippen LogP contribution is 2.49. The molecule has 8 heteroatoms. The standard InChI is InChI=1S/C23H21N7O/c1-14-6-7-16(12-18(14)22-24-13-17-4-3-9-29(17)28-22)26-23(31)20-11-15-10-19(15)30(20)21-5-2-8-25-27-21/h2-9,12-13,15,19-20H,10-11H2,1H3,(H,26,31). The molecular formula is C23H21N7O. The normalized spacial score (nSPS) is 21.8. The zero-order valence-corrected chi connectivity index (χ0v) is 17.0. The van der Waals surface area contributed by atoms with Crippen LogP contribution in [0.3, 0.4) is 0 Å². The maximum absolute atomic E-state index is 13.2. The molecule has 3 aromatic heterocycles. The fourth-order valence-electron chi connectivity index (χ4n) is 4.57. The number of aryl methyl sites for hydroxylation is 1. The highest BCUT2D eigenvalue weighted by molar-refractivity contribution is 5.98. The van der Waals surface area contributed by atoms with Crippen LogP contribution in [0.15, 0.2) is 61.1 Å². The van der Waals surface area contributed by atoms with Gasteiger partial charge in [-0.3, -0.25) is 4.79 Å². The van der Waals surface area contributed by atoms with Crippen LogP contribution in [0.5, 0.6) is 0 Å². The Bertz CT molecular complexity index is 1290. The van der Waals surface area contributed by atoms with Crippen LogP contribution in [0.2, 0.25) is 0 Å². The van der Waals surface area contributed by atoms with Gasteiger partial charge < -0.3 is 10.2 Å². The van der Waals surface area contributed by atoms with Crippen LogP contribution in [0, 0.1) is 12.8 Å². The summed E-state index contributed by atoms with van der Waals surface area (Å²) in [5, 5.41) is 15.9. The summed E-state index contributed by atoms with van der Waals surface area (Å²) >= 11 is 0. The first-order valence-corrected chi connectivity index (χ1v) is 10.5. The predicted octanol–water partition coefficient (Wildman–Crippen LogP) is 3.10. The van der Waals surface area contributed by atoms with Gasteiger partial charge in [0.15, 0.2) is 11.6 Å². The summed E-state index contributed by atoms with van der Waals surface area (Å²) in [6.07, 6.45) is 7.32. The van der Waals surface area contributed by atoms with Crippen molar-refractivity contribution in [2.75, 3.05) is 10.2 Å². The molecule has 0 bridgehead atoms. The van der Waals surface area contributed by atoms with Crippen molar-refractivity contribution in [3.05, 3.63) is 66.6 Å². The molecule has 31 heavy (non-hydrogen) atoms. The van der Waals surface area contributed by atoms with E-state index in [4.69, 9.17) is 0 Å². The van der Waals surface area contributed by atoms with E-state index >= 15 is 0 Å². The van der Waals surface area contributed by atoms with E-state index in [0.29, 0.717) is 17.8 Å². The van der Waals surface area contributed by atoms with Gasteiger partial charge in [-0.15, -0.1) is 10.2 Å². The molecule has 2 aliphatic rings. The van der Waals surface area contributed by atoms with Crippen molar-refractivity contribution in [2.45, 2.75) is 31.8 Å². The quantitative estimate of drug-likeness (QED) is 0.555. The second kappa shape index (κ2) is 6.87. The highest BCUT2D eigenvalue weighted by Gasteiger charge is 2.54. The number of anilines is 2. The van der Waals surface area contributed by atoms with Crippen molar-refractivity contribution < 1.29 is 4.79 Å². The Balaban J connectivity index is 1.27. The molecule has 1 aliphatic heterocycles. The van der Waals surface area contributed by atoms with Crippen LogP contribution in [-0.2, 0) is 4.79 Å². The summed E-state index contributed by atoms with van der Waals surface area (Å²) in [4.78, 5) is 19.8. The van der Waals surface area contributed by atoms with Crippen molar-refractivity contribution in [2.24, 2.45) is 5.92 Å². The Hall–Kier alpha value is -3.81. The van der Waals surface area contributed by atoms with Gasteiger partial charge in [0.25, 0.3) is 0 Å². The first kappa shape index (κ1) is 18.0. The van der Waals surface area contributed by atoms with E-state index in [1.165, 1.54) is 0 Å². The maximum Gasteiger partial charge on any atom is 0.247 e. The summed E-state index contributed by atoms with van der Waals surface area (Å²) in [7, 11) is 0. The molecule has 8 nitrogen and oxygen atoms in total. The van der Waals surface area contributed by atoms with Crippen molar-refractivity contribution in [3.8, 4) is 11.4 Å². The number of fused-ring (bicyclic) bond motifs is 2. The third-order valence-electron chi connectivity index (χ3n) is 6.26. The van der Waals surface area contributed by atoms with Crippen LogP contribution in [0.4, 0.5) is 11.5 Å². The third-order valence-corrected chi connectivity index (χ3v) is 6.26. The molecular weight excluding hydrogens is 390 g/mol. The maximum atomic E-state index is 13.2. The number of rotatable bonds is 4. The van der Waals surface area contributed by atoms with E-state index in [-0.39, 0.29) is 11.9 Å². The molecule has 0 radical (unpaired) electrons. The number of piperidine rings is 1. The van der Waals surface area contributed by atoms with Crippen molar-refractivity contribution in [3.63, 3.8) is 0 Å². The van der Waals surface area contributed by atoms with E-state index in [9.17, 15) is 4.79 Å². The Morgan fingerprint density at radius 3 is 2.97 bits per heavy atom.